The molecule has 0 bridgehead atoms. The first kappa shape index (κ1) is 26.4. The maximum atomic E-state index is 12.7. The highest BCUT2D eigenvalue weighted by Crippen LogP contribution is 2.28. The molecule has 4 atom stereocenters. The molecule has 0 radical (unpaired) electrons. The van der Waals surface area contributed by atoms with Crippen LogP contribution < -0.4 is 0 Å². The van der Waals surface area contributed by atoms with Crippen molar-refractivity contribution in [1.29, 1.82) is 0 Å². The summed E-state index contributed by atoms with van der Waals surface area (Å²) in [5.41, 5.74) is 0.714. The van der Waals surface area contributed by atoms with E-state index < -0.39 is 60.9 Å². The molecule has 0 aliphatic carbocycles. The standard InChI is InChI=1S/C23H26O11/c1-13(24)29-12-20(32-15(3)26)22-21(33-16(4)27)18(31-14(2)25)10-19(34-22)23(28)30-11-17-8-6-5-7-9-17/h5-10,18,20-22H,11-12H2,1-4H3/t18-,20-,21-,22-/m1/s1. The molecule has 1 aliphatic rings. The van der Waals surface area contributed by atoms with Gasteiger partial charge in [0.05, 0.1) is 0 Å². The maximum absolute atomic E-state index is 12.7. The number of esters is 5. The molecule has 0 N–H and O–H groups in total. The van der Waals surface area contributed by atoms with Gasteiger partial charge in [0, 0.05) is 33.8 Å². The predicted octanol–water partition coefficient (Wildman–Crippen LogP) is 1.37. The minimum atomic E-state index is -1.37. The number of rotatable bonds is 9. The van der Waals surface area contributed by atoms with E-state index in [1.807, 2.05) is 0 Å². The second-order valence-electron chi connectivity index (χ2n) is 7.27. The molecular weight excluding hydrogens is 452 g/mol. The van der Waals surface area contributed by atoms with Crippen LogP contribution in [0.2, 0.25) is 0 Å². The first-order chi connectivity index (χ1) is 16.1. The van der Waals surface area contributed by atoms with Crippen LogP contribution >= 0.6 is 0 Å². The first-order valence-corrected chi connectivity index (χ1v) is 10.3. The first-order valence-electron chi connectivity index (χ1n) is 10.3. The fraction of sp³-hybridized carbons (Fsp3) is 0.435. The summed E-state index contributed by atoms with van der Waals surface area (Å²) in [5, 5.41) is 0. The van der Waals surface area contributed by atoms with Gasteiger partial charge >= 0.3 is 29.8 Å². The van der Waals surface area contributed by atoms with Crippen molar-refractivity contribution >= 4 is 29.8 Å². The highest BCUT2D eigenvalue weighted by Gasteiger charge is 2.47. The van der Waals surface area contributed by atoms with Gasteiger partial charge in [-0.1, -0.05) is 30.3 Å². The van der Waals surface area contributed by atoms with E-state index in [4.69, 9.17) is 28.4 Å². The van der Waals surface area contributed by atoms with Crippen LogP contribution in [0.25, 0.3) is 0 Å². The molecule has 11 nitrogen and oxygen atoms in total. The molecule has 0 unspecified atom stereocenters. The lowest BCUT2D eigenvalue weighted by atomic mass is 9.98. The summed E-state index contributed by atoms with van der Waals surface area (Å²) in [4.78, 5) is 59.2. The minimum Gasteiger partial charge on any atom is -0.475 e. The lowest BCUT2D eigenvalue weighted by Crippen LogP contribution is -2.54. The Balaban J connectivity index is 2.37. The van der Waals surface area contributed by atoms with E-state index in [1.165, 1.54) is 0 Å². The highest BCUT2D eigenvalue weighted by molar-refractivity contribution is 5.86. The van der Waals surface area contributed by atoms with Crippen molar-refractivity contribution < 1.29 is 52.4 Å². The topological polar surface area (TPSA) is 141 Å². The van der Waals surface area contributed by atoms with E-state index in [0.717, 1.165) is 33.8 Å². The molecule has 1 heterocycles. The van der Waals surface area contributed by atoms with Gasteiger partial charge in [0.2, 0.25) is 5.76 Å². The molecular formula is C23H26O11. The van der Waals surface area contributed by atoms with Crippen molar-refractivity contribution in [3.05, 3.63) is 47.7 Å². The number of hydrogen-bond acceptors (Lipinski definition) is 11. The summed E-state index contributed by atoms with van der Waals surface area (Å²) in [5.74, 6) is -4.19. The van der Waals surface area contributed by atoms with Gasteiger partial charge in [-0.05, 0) is 5.56 Å². The summed E-state index contributed by atoms with van der Waals surface area (Å²) in [7, 11) is 0. The Morgan fingerprint density at radius 2 is 1.50 bits per heavy atom. The summed E-state index contributed by atoms with van der Waals surface area (Å²) < 4.78 is 31.6. The van der Waals surface area contributed by atoms with Crippen LogP contribution in [-0.4, -0.2) is 60.9 Å². The normalized spacial score (nSPS) is 20.0. The van der Waals surface area contributed by atoms with Gasteiger partial charge < -0.3 is 28.4 Å². The quantitative estimate of drug-likeness (QED) is 0.375. The third-order valence-electron chi connectivity index (χ3n) is 4.38. The molecule has 0 saturated carbocycles. The lowest BCUT2D eigenvalue weighted by Gasteiger charge is -2.38. The fourth-order valence-electron chi connectivity index (χ4n) is 3.11. The van der Waals surface area contributed by atoms with Crippen LogP contribution in [-0.2, 0) is 59.0 Å². The maximum Gasteiger partial charge on any atom is 0.373 e. The number of benzene rings is 1. The summed E-state index contributed by atoms with van der Waals surface area (Å²) in [6.07, 6.45) is -4.16. The zero-order valence-electron chi connectivity index (χ0n) is 19.2. The molecule has 0 saturated heterocycles. The highest BCUT2D eigenvalue weighted by atomic mass is 16.6. The third-order valence-corrected chi connectivity index (χ3v) is 4.38. The zero-order chi connectivity index (χ0) is 25.3. The number of ether oxygens (including phenoxy) is 6. The van der Waals surface area contributed by atoms with Gasteiger partial charge in [0.15, 0.2) is 24.4 Å². The minimum absolute atomic E-state index is 0.0720. The summed E-state index contributed by atoms with van der Waals surface area (Å²) in [6, 6.07) is 8.85. The van der Waals surface area contributed by atoms with Crippen LogP contribution in [0.4, 0.5) is 0 Å². The SMILES string of the molecule is CC(=O)OC[C@@H](OC(C)=O)[C@H]1OC(C(=O)OCc2ccccc2)=C[C@@H](OC(C)=O)[C@H]1OC(C)=O. The number of carbonyl (C=O) groups is 5. The zero-order valence-corrected chi connectivity index (χ0v) is 19.2. The van der Waals surface area contributed by atoms with Crippen LogP contribution in [0.15, 0.2) is 42.2 Å². The largest absolute Gasteiger partial charge is 0.475 e. The van der Waals surface area contributed by atoms with Crippen LogP contribution in [0.5, 0.6) is 0 Å². The molecule has 184 valence electrons. The van der Waals surface area contributed by atoms with E-state index in [1.54, 1.807) is 30.3 Å². The van der Waals surface area contributed by atoms with Gasteiger partial charge in [-0.2, -0.15) is 0 Å². The van der Waals surface area contributed by atoms with Gasteiger partial charge in [-0.3, -0.25) is 19.2 Å². The monoisotopic (exact) mass is 478 g/mol. The second-order valence-corrected chi connectivity index (χ2v) is 7.27. The molecule has 2 rings (SSSR count). The van der Waals surface area contributed by atoms with Crippen molar-refractivity contribution in [1.82, 2.24) is 0 Å². The van der Waals surface area contributed by atoms with Crippen LogP contribution in [0.3, 0.4) is 0 Å². The molecule has 1 aliphatic heterocycles. The molecule has 0 spiro atoms. The van der Waals surface area contributed by atoms with Crippen LogP contribution in [0, 0.1) is 0 Å². The summed E-state index contributed by atoms with van der Waals surface area (Å²) >= 11 is 0. The Hall–Kier alpha value is -3.89. The molecule has 1 aromatic rings. The van der Waals surface area contributed by atoms with Gasteiger partial charge in [-0.25, -0.2) is 4.79 Å². The molecule has 1 aromatic carbocycles. The van der Waals surface area contributed by atoms with Crippen molar-refractivity contribution in [3.63, 3.8) is 0 Å². The van der Waals surface area contributed by atoms with Gasteiger partial charge in [-0.15, -0.1) is 0 Å². The second kappa shape index (κ2) is 12.4. The van der Waals surface area contributed by atoms with Crippen molar-refractivity contribution in [2.45, 2.75) is 58.7 Å². The summed E-state index contributed by atoms with van der Waals surface area (Å²) in [6.45, 7) is 3.94. The smallest absolute Gasteiger partial charge is 0.373 e. The molecule has 0 aromatic heterocycles. The average Bonchev–Trinajstić information content (AvgIpc) is 2.75. The Bertz CT molecular complexity index is 937. The molecule has 11 heteroatoms. The van der Waals surface area contributed by atoms with Crippen molar-refractivity contribution in [2.75, 3.05) is 6.61 Å². The van der Waals surface area contributed by atoms with E-state index in [9.17, 15) is 24.0 Å². The third kappa shape index (κ3) is 8.23. The fourth-order valence-corrected chi connectivity index (χ4v) is 3.11. The Labute approximate surface area is 195 Å². The van der Waals surface area contributed by atoms with Gasteiger partial charge in [0.1, 0.15) is 13.2 Å². The lowest BCUT2D eigenvalue weighted by molar-refractivity contribution is -0.198. The number of hydrogen-bond donors (Lipinski definition) is 0. The molecule has 0 fully saturated rings. The number of carbonyl (C=O) groups excluding carboxylic acids is 5. The van der Waals surface area contributed by atoms with Gasteiger partial charge in [0.25, 0.3) is 0 Å². The van der Waals surface area contributed by atoms with E-state index >= 15 is 0 Å². The average molecular weight is 478 g/mol. The predicted molar refractivity (Wildman–Crippen MR) is 112 cm³/mol. The van der Waals surface area contributed by atoms with Crippen molar-refractivity contribution in [2.24, 2.45) is 0 Å². The van der Waals surface area contributed by atoms with E-state index in [0.29, 0.717) is 5.56 Å². The van der Waals surface area contributed by atoms with Crippen LogP contribution in [0.1, 0.15) is 33.3 Å². The Morgan fingerprint density at radius 3 is 2.06 bits per heavy atom. The Kier molecular flexibility index (Phi) is 9.60. The molecule has 0 amide bonds. The Morgan fingerprint density at radius 1 is 0.853 bits per heavy atom. The van der Waals surface area contributed by atoms with Crippen molar-refractivity contribution in [3.8, 4) is 0 Å². The molecule has 34 heavy (non-hydrogen) atoms. The van der Waals surface area contributed by atoms with E-state index in [-0.39, 0.29) is 12.4 Å². The van der Waals surface area contributed by atoms with E-state index in [2.05, 4.69) is 0 Å².